The standard InChI is InChI=1S/C19H13N3O3/c23-18-10-9-12(22(24)25)11-17(18)21-19-13-5-1-3-7-15(13)20-16-8-4-2-6-14(16)19/h1-11,23H,(H,20,21). The number of para-hydroxylation sites is 2. The molecule has 0 saturated carbocycles. The molecule has 0 amide bonds. The van der Waals surface area contributed by atoms with Gasteiger partial charge in [-0.3, -0.25) is 10.1 Å². The summed E-state index contributed by atoms with van der Waals surface area (Å²) in [6, 6.07) is 19.2. The number of hydrogen-bond acceptors (Lipinski definition) is 5. The zero-order valence-electron chi connectivity index (χ0n) is 13.0. The smallest absolute Gasteiger partial charge is 0.271 e. The first kappa shape index (κ1) is 14.9. The van der Waals surface area contributed by atoms with E-state index in [0.717, 1.165) is 27.5 Å². The highest BCUT2D eigenvalue weighted by atomic mass is 16.6. The van der Waals surface area contributed by atoms with E-state index in [-0.39, 0.29) is 17.1 Å². The van der Waals surface area contributed by atoms with Crippen LogP contribution >= 0.6 is 0 Å². The number of non-ortho nitro benzene ring substituents is 1. The SMILES string of the molecule is O=[N+]([O-])c1ccc(O)c(Nc2c3ccccc3nc3ccccc23)c1. The molecule has 4 rings (SSSR count). The van der Waals surface area contributed by atoms with Gasteiger partial charge in [0, 0.05) is 22.9 Å². The van der Waals surface area contributed by atoms with Gasteiger partial charge in [-0.25, -0.2) is 4.98 Å². The maximum atomic E-state index is 11.0. The zero-order chi connectivity index (χ0) is 17.4. The quantitative estimate of drug-likeness (QED) is 0.245. The zero-order valence-corrected chi connectivity index (χ0v) is 13.0. The van der Waals surface area contributed by atoms with Crippen molar-refractivity contribution in [2.45, 2.75) is 0 Å². The third-order valence-corrected chi connectivity index (χ3v) is 4.04. The summed E-state index contributed by atoms with van der Waals surface area (Å²) in [5, 5.41) is 26.0. The van der Waals surface area contributed by atoms with Gasteiger partial charge in [0.05, 0.1) is 27.3 Å². The molecule has 1 heterocycles. The van der Waals surface area contributed by atoms with Gasteiger partial charge < -0.3 is 10.4 Å². The molecule has 0 aliphatic heterocycles. The topological polar surface area (TPSA) is 88.3 Å². The maximum Gasteiger partial charge on any atom is 0.271 e. The Morgan fingerprint density at radius 3 is 2.12 bits per heavy atom. The lowest BCUT2D eigenvalue weighted by Gasteiger charge is -2.14. The number of aromatic nitrogens is 1. The molecule has 3 aromatic carbocycles. The summed E-state index contributed by atoms with van der Waals surface area (Å²) in [5.74, 6) is -0.0597. The van der Waals surface area contributed by atoms with Crippen molar-refractivity contribution >= 4 is 38.9 Å². The number of pyridine rings is 1. The fourth-order valence-electron chi connectivity index (χ4n) is 2.85. The van der Waals surface area contributed by atoms with Crippen LogP contribution in [0.15, 0.2) is 66.7 Å². The van der Waals surface area contributed by atoms with Gasteiger partial charge in [0.1, 0.15) is 5.75 Å². The van der Waals surface area contributed by atoms with E-state index in [1.165, 1.54) is 18.2 Å². The molecular weight excluding hydrogens is 318 g/mol. The fourth-order valence-corrected chi connectivity index (χ4v) is 2.85. The maximum absolute atomic E-state index is 11.0. The number of nitro benzene ring substituents is 1. The van der Waals surface area contributed by atoms with Crippen molar-refractivity contribution in [3.8, 4) is 5.75 Å². The third kappa shape index (κ3) is 2.59. The van der Waals surface area contributed by atoms with Crippen LogP contribution in [0.3, 0.4) is 0 Å². The molecule has 25 heavy (non-hydrogen) atoms. The molecule has 0 fully saturated rings. The molecule has 0 bridgehead atoms. The first-order chi connectivity index (χ1) is 12.1. The summed E-state index contributed by atoms with van der Waals surface area (Å²) in [6.45, 7) is 0. The number of aromatic hydroxyl groups is 1. The van der Waals surface area contributed by atoms with Crippen LogP contribution in [0.1, 0.15) is 0 Å². The second-order valence-corrected chi connectivity index (χ2v) is 5.60. The van der Waals surface area contributed by atoms with Crippen LogP contribution in [-0.2, 0) is 0 Å². The van der Waals surface area contributed by atoms with E-state index < -0.39 is 4.92 Å². The first-order valence-corrected chi connectivity index (χ1v) is 7.65. The van der Waals surface area contributed by atoms with E-state index in [1.54, 1.807) is 0 Å². The lowest BCUT2D eigenvalue weighted by molar-refractivity contribution is -0.384. The Bertz CT molecular complexity index is 1070. The predicted octanol–water partition coefficient (Wildman–Crippen LogP) is 4.75. The van der Waals surface area contributed by atoms with E-state index in [1.807, 2.05) is 48.5 Å². The molecule has 0 saturated heterocycles. The largest absolute Gasteiger partial charge is 0.506 e. The minimum Gasteiger partial charge on any atom is -0.506 e. The minimum atomic E-state index is -0.493. The van der Waals surface area contributed by atoms with Crippen molar-refractivity contribution in [3.63, 3.8) is 0 Å². The second-order valence-electron chi connectivity index (χ2n) is 5.60. The molecule has 6 heteroatoms. The lowest BCUT2D eigenvalue weighted by atomic mass is 10.1. The molecule has 0 aliphatic rings. The Labute approximate surface area is 142 Å². The highest BCUT2D eigenvalue weighted by Gasteiger charge is 2.14. The van der Waals surface area contributed by atoms with Gasteiger partial charge in [-0.1, -0.05) is 36.4 Å². The summed E-state index contributed by atoms with van der Waals surface area (Å²) >= 11 is 0. The number of nitrogens with one attached hydrogen (secondary N) is 1. The minimum absolute atomic E-state index is 0.0597. The van der Waals surface area contributed by atoms with E-state index in [2.05, 4.69) is 10.3 Å². The van der Waals surface area contributed by atoms with Crippen molar-refractivity contribution < 1.29 is 10.0 Å². The van der Waals surface area contributed by atoms with Gasteiger partial charge in [-0.15, -0.1) is 0 Å². The van der Waals surface area contributed by atoms with Crippen LogP contribution in [0, 0.1) is 10.1 Å². The molecule has 0 unspecified atom stereocenters. The van der Waals surface area contributed by atoms with Crippen molar-refractivity contribution in [3.05, 3.63) is 76.8 Å². The number of hydrogen-bond donors (Lipinski definition) is 2. The van der Waals surface area contributed by atoms with Gasteiger partial charge in [0.2, 0.25) is 0 Å². The number of rotatable bonds is 3. The Morgan fingerprint density at radius 2 is 1.52 bits per heavy atom. The highest BCUT2D eigenvalue weighted by Crippen LogP contribution is 2.36. The van der Waals surface area contributed by atoms with Crippen LogP contribution in [0.25, 0.3) is 21.8 Å². The normalized spacial score (nSPS) is 10.9. The number of fused-ring (bicyclic) bond motifs is 2. The number of benzene rings is 3. The number of nitro groups is 1. The van der Waals surface area contributed by atoms with Crippen LogP contribution in [0.2, 0.25) is 0 Å². The molecule has 122 valence electrons. The Hall–Kier alpha value is -3.67. The lowest BCUT2D eigenvalue weighted by Crippen LogP contribution is -1.97. The summed E-state index contributed by atoms with van der Waals surface area (Å²) in [6.07, 6.45) is 0. The Kier molecular flexibility index (Phi) is 3.43. The molecule has 4 aromatic rings. The molecule has 0 atom stereocenters. The molecule has 0 spiro atoms. The van der Waals surface area contributed by atoms with E-state index in [0.29, 0.717) is 0 Å². The molecule has 2 N–H and O–H groups in total. The van der Waals surface area contributed by atoms with Gasteiger partial charge in [0.25, 0.3) is 5.69 Å². The fraction of sp³-hybridized carbons (Fsp3) is 0. The van der Waals surface area contributed by atoms with E-state index in [4.69, 9.17) is 0 Å². The third-order valence-electron chi connectivity index (χ3n) is 4.04. The number of nitrogens with zero attached hydrogens (tertiary/aromatic N) is 2. The summed E-state index contributed by atoms with van der Waals surface area (Å²) in [4.78, 5) is 15.2. The van der Waals surface area contributed by atoms with Gasteiger partial charge in [-0.2, -0.15) is 0 Å². The summed E-state index contributed by atoms with van der Waals surface area (Å²) in [7, 11) is 0. The Balaban J connectivity index is 1.97. The van der Waals surface area contributed by atoms with E-state index >= 15 is 0 Å². The highest BCUT2D eigenvalue weighted by molar-refractivity contribution is 6.08. The van der Waals surface area contributed by atoms with Crippen molar-refractivity contribution in [2.24, 2.45) is 0 Å². The van der Waals surface area contributed by atoms with Crippen LogP contribution < -0.4 is 5.32 Å². The number of phenolic OH excluding ortho intramolecular Hbond substituents is 1. The Morgan fingerprint density at radius 1 is 0.920 bits per heavy atom. The van der Waals surface area contributed by atoms with Crippen molar-refractivity contribution in [1.29, 1.82) is 0 Å². The monoisotopic (exact) mass is 331 g/mol. The molecule has 0 aliphatic carbocycles. The van der Waals surface area contributed by atoms with Crippen molar-refractivity contribution in [2.75, 3.05) is 5.32 Å². The molecule has 0 radical (unpaired) electrons. The molecular formula is C19H13N3O3. The average Bonchev–Trinajstić information content (AvgIpc) is 2.63. The summed E-state index contributed by atoms with van der Waals surface area (Å²) in [5.41, 5.74) is 2.53. The van der Waals surface area contributed by atoms with Gasteiger partial charge >= 0.3 is 0 Å². The summed E-state index contributed by atoms with van der Waals surface area (Å²) < 4.78 is 0. The van der Waals surface area contributed by atoms with Crippen molar-refractivity contribution in [1.82, 2.24) is 4.98 Å². The number of anilines is 2. The van der Waals surface area contributed by atoms with E-state index in [9.17, 15) is 15.2 Å². The molecule has 6 nitrogen and oxygen atoms in total. The van der Waals surface area contributed by atoms with Crippen LogP contribution in [-0.4, -0.2) is 15.0 Å². The molecule has 1 aromatic heterocycles. The predicted molar refractivity (Wildman–Crippen MR) is 97.3 cm³/mol. The van der Waals surface area contributed by atoms with Crippen LogP contribution in [0.5, 0.6) is 5.75 Å². The van der Waals surface area contributed by atoms with Crippen LogP contribution in [0.4, 0.5) is 17.1 Å². The van der Waals surface area contributed by atoms with Gasteiger partial charge in [0.15, 0.2) is 0 Å². The first-order valence-electron chi connectivity index (χ1n) is 7.65. The second kappa shape index (κ2) is 5.76. The van der Waals surface area contributed by atoms with Gasteiger partial charge in [-0.05, 0) is 18.2 Å². The number of phenols is 1. The average molecular weight is 331 g/mol.